The van der Waals surface area contributed by atoms with Crippen molar-refractivity contribution >= 4 is 17.8 Å². The van der Waals surface area contributed by atoms with Gasteiger partial charge in [-0.05, 0) is 25.3 Å². The quantitative estimate of drug-likeness (QED) is 0.472. The second-order valence-electron chi connectivity index (χ2n) is 9.79. The summed E-state index contributed by atoms with van der Waals surface area (Å²) in [5.74, 6) is -1.57. The molecule has 4 atom stereocenters. The third-order valence-corrected chi connectivity index (χ3v) is 7.83. The molecule has 2 aromatic rings. The summed E-state index contributed by atoms with van der Waals surface area (Å²) in [7, 11) is 1.50. The zero-order valence-electron chi connectivity index (χ0n) is 20.0. The molecule has 0 spiro atoms. The largest absolute Gasteiger partial charge is 0.449 e. The second kappa shape index (κ2) is 8.87. The number of amides is 1. The van der Waals surface area contributed by atoms with Crippen LogP contribution < -0.4 is 5.32 Å². The highest BCUT2D eigenvalue weighted by molar-refractivity contribution is 5.95. The molecule has 2 bridgehead atoms. The molecule has 1 N–H and O–H groups in total. The zero-order valence-corrected chi connectivity index (χ0v) is 20.0. The first-order chi connectivity index (χ1) is 16.1. The predicted octanol–water partition coefficient (Wildman–Crippen LogP) is 3.72. The van der Waals surface area contributed by atoms with Crippen molar-refractivity contribution in [2.24, 2.45) is 10.8 Å². The number of esters is 2. The van der Waals surface area contributed by atoms with Gasteiger partial charge in [0.25, 0.3) is 5.91 Å². The van der Waals surface area contributed by atoms with Crippen molar-refractivity contribution in [3.05, 3.63) is 71.8 Å². The summed E-state index contributed by atoms with van der Waals surface area (Å²) in [6.07, 6.45) is -0.771. The third kappa shape index (κ3) is 3.78. The molecule has 7 heteroatoms. The molecule has 7 nitrogen and oxygen atoms in total. The van der Waals surface area contributed by atoms with Gasteiger partial charge in [-0.1, -0.05) is 74.5 Å². The van der Waals surface area contributed by atoms with Gasteiger partial charge in [0.15, 0.2) is 12.3 Å². The summed E-state index contributed by atoms with van der Waals surface area (Å²) in [5, 5.41) is 2.83. The highest BCUT2D eigenvalue weighted by Crippen LogP contribution is 2.65. The maximum atomic E-state index is 13.5. The van der Waals surface area contributed by atoms with Crippen LogP contribution in [0, 0.1) is 10.8 Å². The number of carbonyl (C=O) groups excluding carboxylic acids is 3. The molecular weight excluding hydrogens is 434 g/mol. The van der Waals surface area contributed by atoms with Crippen molar-refractivity contribution in [2.45, 2.75) is 58.0 Å². The average Bonchev–Trinajstić information content (AvgIpc) is 3.13. The van der Waals surface area contributed by atoms with Gasteiger partial charge in [-0.15, -0.1) is 0 Å². The lowest BCUT2D eigenvalue weighted by Crippen LogP contribution is -2.52. The molecule has 0 radical (unpaired) electrons. The van der Waals surface area contributed by atoms with E-state index in [1.807, 2.05) is 81.4 Å². The highest BCUT2D eigenvalue weighted by Gasteiger charge is 2.76. The van der Waals surface area contributed by atoms with Gasteiger partial charge in [0.2, 0.25) is 5.60 Å². The van der Waals surface area contributed by atoms with Crippen LogP contribution in [0.2, 0.25) is 0 Å². The van der Waals surface area contributed by atoms with Gasteiger partial charge in [0.1, 0.15) is 0 Å². The van der Waals surface area contributed by atoms with Gasteiger partial charge in [0, 0.05) is 24.5 Å². The van der Waals surface area contributed by atoms with Crippen LogP contribution in [0.1, 0.15) is 51.0 Å². The van der Waals surface area contributed by atoms with Crippen molar-refractivity contribution in [1.29, 1.82) is 0 Å². The Balaban J connectivity index is 1.58. The van der Waals surface area contributed by atoms with Crippen LogP contribution in [0.15, 0.2) is 60.7 Å². The molecule has 2 fully saturated rings. The van der Waals surface area contributed by atoms with Crippen LogP contribution in [0.3, 0.4) is 0 Å². The van der Waals surface area contributed by atoms with E-state index in [-0.39, 0.29) is 6.42 Å². The molecule has 4 rings (SSSR count). The van der Waals surface area contributed by atoms with Crippen molar-refractivity contribution in [1.82, 2.24) is 5.32 Å². The monoisotopic (exact) mass is 465 g/mol. The van der Waals surface area contributed by atoms with Crippen LogP contribution >= 0.6 is 0 Å². The van der Waals surface area contributed by atoms with Crippen LogP contribution in [0.5, 0.6) is 0 Å². The van der Waals surface area contributed by atoms with Gasteiger partial charge in [-0.3, -0.25) is 9.59 Å². The van der Waals surface area contributed by atoms with E-state index in [1.54, 1.807) is 0 Å². The SMILES string of the molecule is CO[C@@H](NC(=O)[C@H](Cc1ccccc1)OC(=O)[C@@]12CC[C@@](C)(C(=O)O1)C2(C)C)c1ccccc1. The standard InChI is InChI=1S/C27H31NO6/c1-25(2)26(3)15-16-27(25,34-23(26)30)24(31)33-20(17-18-11-7-5-8-12-18)21(29)28-22(32-4)19-13-9-6-10-14-19/h5-14,20,22H,15-17H2,1-4H3,(H,28,29)/t20-,22+,26-,27+/m0/s1. The highest BCUT2D eigenvalue weighted by atomic mass is 16.6. The molecule has 1 aliphatic heterocycles. The van der Waals surface area contributed by atoms with Gasteiger partial charge in [0.05, 0.1) is 5.41 Å². The van der Waals surface area contributed by atoms with Crippen LogP contribution in [-0.2, 0) is 35.0 Å². The van der Waals surface area contributed by atoms with Gasteiger partial charge in [-0.2, -0.15) is 0 Å². The molecular formula is C27H31NO6. The second-order valence-corrected chi connectivity index (χ2v) is 9.79. The minimum Gasteiger partial charge on any atom is -0.449 e. The number of fused-ring (bicyclic) bond motifs is 2. The lowest BCUT2D eigenvalue weighted by molar-refractivity contribution is -0.188. The maximum Gasteiger partial charge on any atom is 0.352 e. The van der Waals surface area contributed by atoms with Crippen molar-refractivity contribution < 1.29 is 28.6 Å². The average molecular weight is 466 g/mol. The van der Waals surface area contributed by atoms with Crippen molar-refractivity contribution in [3.63, 3.8) is 0 Å². The fraction of sp³-hybridized carbons (Fsp3) is 0.444. The van der Waals surface area contributed by atoms with Crippen LogP contribution in [0.4, 0.5) is 0 Å². The van der Waals surface area contributed by atoms with Gasteiger partial charge < -0.3 is 19.5 Å². The lowest BCUT2D eigenvalue weighted by atomic mass is 9.66. The van der Waals surface area contributed by atoms with Crippen molar-refractivity contribution in [3.8, 4) is 0 Å². The summed E-state index contributed by atoms with van der Waals surface area (Å²) in [6, 6.07) is 18.6. The van der Waals surface area contributed by atoms with E-state index < -0.39 is 46.6 Å². The first-order valence-electron chi connectivity index (χ1n) is 11.5. The van der Waals surface area contributed by atoms with E-state index in [0.29, 0.717) is 12.8 Å². The number of nitrogens with one attached hydrogen (secondary N) is 1. The molecule has 1 saturated heterocycles. The minimum atomic E-state index is -1.41. The summed E-state index contributed by atoms with van der Waals surface area (Å²) in [4.78, 5) is 39.5. The Morgan fingerprint density at radius 1 is 1.00 bits per heavy atom. The molecule has 180 valence electrons. The van der Waals surface area contributed by atoms with Crippen LogP contribution in [0.25, 0.3) is 0 Å². The molecule has 0 unspecified atom stereocenters. The number of hydrogen-bond donors (Lipinski definition) is 1. The third-order valence-electron chi connectivity index (χ3n) is 7.83. The molecule has 34 heavy (non-hydrogen) atoms. The Labute approximate surface area is 199 Å². The first-order valence-corrected chi connectivity index (χ1v) is 11.5. The lowest BCUT2D eigenvalue weighted by Gasteiger charge is -2.35. The summed E-state index contributed by atoms with van der Waals surface area (Å²) in [6.45, 7) is 5.54. The van der Waals surface area contributed by atoms with E-state index in [4.69, 9.17) is 14.2 Å². The fourth-order valence-electron chi connectivity index (χ4n) is 5.07. The van der Waals surface area contributed by atoms with Crippen molar-refractivity contribution in [2.75, 3.05) is 7.11 Å². The number of methoxy groups -OCH3 is 1. The Bertz CT molecular complexity index is 1070. The predicted molar refractivity (Wildman–Crippen MR) is 124 cm³/mol. The zero-order chi connectivity index (χ0) is 24.6. The Kier molecular flexibility index (Phi) is 6.25. The normalized spacial score (nSPS) is 26.4. The molecule has 1 aliphatic carbocycles. The summed E-state index contributed by atoms with van der Waals surface area (Å²) >= 11 is 0. The fourth-order valence-corrected chi connectivity index (χ4v) is 5.07. The number of hydrogen-bond acceptors (Lipinski definition) is 6. The number of benzene rings is 2. The molecule has 1 saturated carbocycles. The van der Waals surface area contributed by atoms with Gasteiger partial charge in [-0.25, -0.2) is 4.79 Å². The van der Waals surface area contributed by atoms with E-state index in [0.717, 1.165) is 11.1 Å². The van der Waals surface area contributed by atoms with Gasteiger partial charge >= 0.3 is 11.9 Å². The Morgan fingerprint density at radius 2 is 1.62 bits per heavy atom. The van der Waals surface area contributed by atoms with E-state index >= 15 is 0 Å². The summed E-state index contributed by atoms with van der Waals surface area (Å²) in [5.41, 5.74) is -1.34. The number of carbonyl (C=O) groups is 3. The van der Waals surface area contributed by atoms with E-state index in [1.165, 1.54) is 7.11 Å². The number of ether oxygens (including phenoxy) is 3. The van der Waals surface area contributed by atoms with E-state index in [2.05, 4.69) is 5.32 Å². The summed E-state index contributed by atoms with van der Waals surface area (Å²) < 4.78 is 17.0. The number of rotatable bonds is 8. The molecule has 2 aromatic carbocycles. The van der Waals surface area contributed by atoms with E-state index in [9.17, 15) is 14.4 Å². The minimum absolute atomic E-state index is 0.172. The smallest absolute Gasteiger partial charge is 0.352 e. The topological polar surface area (TPSA) is 90.9 Å². The molecule has 1 heterocycles. The maximum absolute atomic E-state index is 13.5. The Morgan fingerprint density at radius 3 is 2.15 bits per heavy atom. The first kappa shape index (κ1) is 24.0. The Hall–Kier alpha value is -3.19. The molecule has 0 aromatic heterocycles. The molecule has 1 amide bonds. The van der Waals surface area contributed by atoms with Crippen LogP contribution in [-0.4, -0.2) is 36.7 Å². The molecule has 2 aliphatic rings.